The zero-order valence-electron chi connectivity index (χ0n) is 8.51. The molecular weight excluding hydrogens is 198 g/mol. The van der Waals surface area contributed by atoms with E-state index in [2.05, 4.69) is 17.0 Å². The lowest BCUT2D eigenvalue weighted by Gasteiger charge is -2.53. The maximum absolute atomic E-state index is 11.8. The fraction of sp³-hybridized carbons (Fsp3) is 1.00. The molecule has 1 unspecified atom stereocenters. The zero-order chi connectivity index (χ0) is 9.81. The van der Waals surface area contributed by atoms with Gasteiger partial charge in [-0.1, -0.05) is 0 Å². The van der Waals surface area contributed by atoms with Crippen LogP contribution in [0.25, 0.3) is 0 Å². The Labute approximate surface area is 87.9 Å². The quantitative estimate of drug-likeness (QED) is 0.630. The van der Waals surface area contributed by atoms with E-state index in [0.29, 0.717) is 5.41 Å². The van der Waals surface area contributed by atoms with Crippen LogP contribution in [0.15, 0.2) is 0 Å². The fourth-order valence-corrected chi connectivity index (χ4v) is 3.62. The van der Waals surface area contributed by atoms with E-state index < -0.39 is 11.5 Å². The maximum atomic E-state index is 11.8. The summed E-state index contributed by atoms with van der Waals surface area (Å²) >= 11 is -0.944. The zero-order valence-corrected chi connectivity index (χ0v) is 9.32. The standard InChI is InChI=1S/C9H17N3OS/c1-8(2-3-8)11-14(13)12-6-9(7-12)4-10-5-9/h10-11H,2-7H2,1H3. The van der Waals surface area contributed by atoms with E-state index in [-0.39, 0.29) is 5.54 Å². The normalized spacial score (nSPS) is 34.7. The van der Waals surface area contributed by atoms with Gasteiger partial charge < -0.3 is 9.87 Å². The molecule has 2 N–H and O–H groups in total. The van der Waals surface area contributed by atoms with Crippen LogP contribution in [0.5, 0.6) is 0 Å². The van der Waals surface area contributed by atoms with Gasteiger partial charge in [-0.3, -0.25) is 0 Å². The van der Waals surface area contributed by atoms with Gasteiger partial charge in [-0.05, 0) is 19.8 Å². The molecule has 2 aliphatic heterocycles. The highest BCUT2D eigenvalue weighted by atomic mass is 32.2. The van der Waals surface area contributed by atoms with Gasteiger partial charge in [0, 0.05) is 18.5 Å². The first-order valence-electron chi connectivity index (χ1n) is 5.26. The van der Waals surface area contributed by atoms with Crippen molar-refractivity contribution in [3.8, 4) is 0 Å². The van der Waals surface area contributed by atoms with Gasteiger partial charge in [-0.2, -0.15) is 0 Å². The molecule has 0 bridgehead atoms. The first kappa shape index (κ1) is 9.42. The fourth-order valence-electron chi connectivity index (χ4n) is 2.09. The molecule has 0 amide bonds. The summed E-state index contributed by atoms with van der Waals surface area (Å²) in [7, 11) is 0. The van der Waals surface area contributed by atoms with Gasteiger partial charge in [0.2, 0.25) is 0 Å². The number of hydrogen-bond acceptors (Lipinski definition) is 4. The van der Waals surface area contributed by atoms with Crippen molar-refractivity contribution in [2.24, 2.45) is 5.41 Å². The Balaban J connectivity index is 1.48. The van der Waals surface area contributed by atoms with Crippen molar-refractivity contribution in [3.05, 3.63) is 0 Å². The minimum Gasteiger partial charge on any atom is -0.579 e. The third-order valence-electron chi connectivity index (χ3n) is 3.59. The van der Waals surface area contributed by atoms with Crippen LogP contribution in [0.3, 0.4) is 0 Å². The highest BCUT2D eigenvalue weighted by Crippen LogP contribution is 2.39. The lowest BCUT2D eigenvalue weighted by Crippen LogP contribution is -2.73. The summed E-state index contributed by atoms with van der Waals surface area (Å²) in [6.45, 7) is 6.35. The van der Waals surface area contributed by atoms with Crippen molar-refractivity contribution in [1.29, 1.82) is 0 Å². The molecule has 3 aliphatic rings. The molecule has 2 saturated heterocycles. The van der Waals surface area contributed by atoms with E-state index in [0.717, 1.165) is 26.2 Å². The highest BCUT2D eigenvalue weighted by molar-refractivity contribution is 7.87. The van der Waals surface area contributed by atoms with Gasteiger partial charge in [0.05, 0.1) is 18.6 Å². The molecule has 1 atom stereocenters. The molecule has 1 saturated carbocycles. The van der Waals surface area contributed by atoms with Crippen molar-refractivity contribution >= 4 is 11.5 Å². The minimum atomic E-state index is -0.944. The first-order valence-corrected chi connectivity index (χ1v) is 6.37. The Morgan fingerprint density at radius 2 is 2.00 bits per heavy atom. The molecule has 1 spiro atoms. The van der Waals surface area contributed by atoms with Crippen LogP contribution in [-0.2, 0) is 11.5 Å². The molecule has 4 nitrogen and oxygen atoms in total. The largest absolute Gasteiger partial charge is 0.579 e. The third-order valence-corrected chi connectivity index (χ3v) is 4.99. The Hall–Kier alpha value is 0.190. The van der Waals surface area contributed by atoms with Gasteiger partial charge in [0.15, 0.2) is 0 Å². The van der Waals surface area contributed by atoms with Crippen LogP contribution < -0.4 is 10.0 Å². The van der Waals surface area contributed by atoms with Crippen LogP contribution in [0.1, 0.15) is 19.8 Å². The van der Waals surface area contributed by atoms with Gasteiger partial charge in [-0.15, -0.1) is 9.03 Å². The monoisotopic (exact) mass is 215 g/mol. The first-order chi connectivity index (χ1) is 6.61. The predicted octanol–water partition coefficient (Wildman–Crippen LogP) is -0.388. The summed E-state index contributed by atoms with van der Waals surface area (Å²) < 4.78 is 17.1. The van der Waals surface area contributed by atoms with E-state index in [4.69, 9.17) is 0 Å². The topological polar surface area (TPSA) is 50.4 Å². The number of rotatable bonds is 3. The minimum absolute atomic E-state index is 0.172. The summed E-state index contributed by atoms with van der Waals surface area (Å²) in [6, 6.07) is 0. The molecule has 0 aromatic rings. The highest BCUT2D eigenvalue weighted by Gasteiger charge is 2.54. The summed E-state index contributed by atoms with van der Waals surface area (Å²) in [4.78, 5) is 0. The molecule has 0 aromatic carbocycles. The lowest BCUT2D eigenvalue weighted by atomic mass is 9.76. The molecule has 2 heterocycles. The Morgan fingerprint density at radius 1 is 1.36 bits per heavy atom. The predicted molar refractivity (Wildman–Crippen MR) is 55.8 cm³/mol. The van der Waals surface area contributed by atoms with Crippen molar-refractivity contribution in [2.45, 2.75) is 25.3 Å². The molecule has 0 aromatic heterocycles. The van der Waals surface area contributed by atoms with Gasteiger partial charge in [-0.25, -0.2) is 0 Å². The lowest BCUT2D eigenvalue weighted by molar-refractivity contribution is 0.0153. The van der Waals surface area contributed by atoms with E-state index in [1.54, 1.807) is 0 Å². The smallest absolute Gasteiger partial charge is 0.138 e. The van der Waals surface area contributed by atoms with E-state index >= 15 is 0 Å². The molecule has 3 rings (SSSR count). The Morgan fingerprint density at radius 3 is 2.43 bits per heavy atom. The van der Waals surface area contributed by atoms with Crippen LogP contribution in [0.2, 0.25) is 0 Å². The van der Waals surface area contributed by atoms with Gasteiger partial charge in [0.25, 0.3) is 0 Å². The van der Waals surface area contributed by atoms with E-state index in [9.17, 15) is 4.55 Å². The summed E-state index contributed by atoms with van der Waals surface area (Å²) in [6.07, 6.45) is 2.33. The molecule has 5 heteroatoms. The summed E-state index contributed by atoms with van der Waals surface area (Å²) in [5.41, 5.74) is 0.646. The van der Waals surface area contributed by atoms with Crippen LogP contribution in [0, 0.1) is 5.41 Å². The van der Waals surface area contributed by atoms with Crippen molar-refractivity contribution in [3.63, 3.8) is 0 Å². The van der Waals surface area contributed by atoms with E-state index in [1.165, 1.54) is 12.8 Å². The Bertz CT molecular complexity index is 244. The van der Waals surface area contributed by atoms with Crippen LogP contribution >= 0.6 is 0 Å². The second-order valence-corrected chi connectivity index (χ2v) is 6.53. The van der Waals surface area contributed by atoms with E-state index in [1.807, 2.05) is 4.31 Å². The second-order valence-electron chi connectivity index (χ2n) is 5.31. The number of hydrogen-bond donors (Lipinski definition) is 2. The van der Waals surface area contributed by atoms with Crippen molar-refractivity contribution < 1.29 is 4.55 Å². The summed E-state index contributed by atoms with van der Waals surface area (Å²) in [5, 5.41) is 3.28. The van der Waals surface area contributed by atoms with Crippen molar-refractivity contribution in [1.82, 2.24) is 14.3 Å². The Kier molecular flexibility index (Phi) is 1.92. The molecule has 3 fully saturated rings. The number of nitrogens with zero attached hydrogens (tertiary/aromatic N) is 1. The summed E-state index contributed by atoms with van der Waals surface area (Å²) in [5.74, 6) is 0. The molecule has 14 heavy (non-hydrogen) atoms. The molecule has 0 radical (unpaired) electrons. The third kappa shape index (κ3) is 1.47. The average Bonchev–Trinajstić information content (AvgIpc) is 2.60. The maximum Gasteiger partial charge on any atom is 0.138 e. The second kappa shape index (κ2) is 2.86. The van der Waals surface area contributed by atoms with Gasteiger partial charge in [0.1, 0.15) is 11.5 Å². The van der Waals surface area contributed by atoms with Crippen LogP contribution in [-0.4, -0.2) is 40.6 Å². The van der Waals surface area contributed by atoms with Crippen LogP contribution in [0.4, 0.5) is 0 Å². The van der Waals surface area contributed by atoms with Gasteiger partial charge >= 0.3 is 0 Å². The average molecular weight is 215 g/mol. The van der Waals surface area contributed by atoms with Crippen molar-refractivity contribution in [2.75, 3.05) is 26.2 Å². The number of nitrogens with one attached hydrogen (secondary N) is 2. The SMILES string of the molecule is CC1(N[S+]([O-])N2CC3(CNC3)C2)CC1. The molecule has 80 valence electrons. The molecular formula is C9H17N3OS. The molecule has 1 aliphatic carbocycles.